The molecule has 3 aromatic carbocycles. The Kier molecular flexibility index (Phi) is 10.0. The lowest BCUT2D eigenvalue weighted by Crippen LogP contribution is -2.32. The molecule has 3 aromatic rings. The van der Waals surface area contributed by atoms with E-state index in [1.807, 2.05) is 6.92 Å². The first-order chi connectivity index (χ1) is 18.0. The minimum absolute atomic E-state index is 0.242. The summed E-state index contributed by atoms with van der Waals surface area (Å²) in [7, 11) is 1.56. The molecule has 0 heterocycles. The second-order valence-electron chi connectivity index (χ2n) is 7.63. The minimum atomic E-state index is -0.945. The Labute approximate surface area is 214 Å². The summed E-state index contributed by atoms with van der Waals surface area (Å²) < 4.78 is 16.2. The van der Waals surface area contributed by atoms with Crippen LogP contribution in [-0.4, -0.2) is 44.3 Å². The van der Waals surface area contributed by atoms with Crippen LogP contribution in [0, 0.1) is 0 Å². The fourth-order valence-electron chi connectivity index (χ4n) is 2.99. The van der Waals surface area contributed by atoms with Crippen molar-refractivity contribution in [2.75, 3.05) is 31.0 Å². The fraction of sp³-hybridized carbons (Fsp3) is 0.185. The summed E-state index contributed by atoms with van der Waals surface area (Å²) in [5.74, 6) is -0.447. The zero-order valence-electron chi connectivity index (χ0n) is 20.5. The maximum absolute atomic E-state index is 12.2. The van der Waals surface area contributed by atoms with Gasteiger partial charge in [0.1, 0.15) is 17.2 Å². The van der Waals surface area contributed by atoms with Crippen LogP contribution in [0.4, 0.5) is 11.4 Å². The number of carbonyl (C=O) groups is 3. The number of para-hydroxylation sites is 1. The zero-order valence-corrected chi connectivity index (χ0v) is 20.5. The van der Waals surface area contributed by atoms with Crippen LogP contribution in [0.25, 0.3) is 0 Å². The van der Waals surface area contributed by atoms with Gasteiger partial charge in [-0.2, -0.15) is 5.10 Å². The van der Waals surface area contributed by atoms with E-state index in [1.54, 1.807) is 79.9 Å². The lowest BCUT2D eigenvalue weighted by atomic mass is 10.2. The average Bonchev–Trinajstić information content (AvgIpc) is 2.92. The van der Waals surface area contributed by atoms with Crippen LogP contribution in [0.2, 0.25) is 0 Å². The molecule has 0 aliphatic rings. The molecule has 0 saturated heterocycles. The number of carbonyl (C=O) groups excluding carboxylic acids is 3. The SMILES string of the molecule is CCCOc1ccc(NC(=O)C(=O)N/N=C\c2ccccc2OCC(=O)Nc2ccc(OC)cc2)cc1. The van der Waals surface area contributed by atoms with Gasteiger partial charge >= 0.3 is 11.8 Å². The van der Waals surface area contributed by atoms with Gasteiger partial charge in [-0.1, -0.05) is 19.1 Å². The van der Waals surface area contributed by atoms with Gasteiger partial charge in [0.15, 0.2) is 6.61 Å². The van der Waals surface area contributed by atoms with Gasteiger partial charge in [0.2, 0.25) is 0 Å². The van der Waals surface area contributed by atoms with Crippen LogP contribution < -0.4 is 30.3 Å². The Bertz CT molecular complexity index is 1230. The van der Waals surface area contributed by atoms with Crippen LogP contribution in [0.3, 0.4) is 0 Å². The number of anilines is 2. The van der Waals surface area contributed by atoms with E-state index in [0.29, 0.717) is 40.8 Å². The smallest absolute Gasteiger partial charge is 0.329 e. The quantitative estimate of drug-likeness (QED) is 0.208. The number of nitrogens with zero attached hydrogens (tertiary/aromatic N) is 1. The van der Waals surface area contributed by atoms with Crippen molar-refractivity contribution < 1.29 is 28.6 Å². The maximum Gasteiger partial charge on any atom is 0.329 e. The Balaban J connectivity index is 1.49. The molecule has 3 amide bonds. The van der Waals surface area contributed by atoms with E-state index in [4.69, 9.17) is 14.2 Å². The number of hydrogen-bond acceptors (Lipinski definition) is 7. The lowest BCUT2D eigenvalue weighted by molar-refractivity contribution is -0.136. The molecule has 3 rings (SSSR count). The summed E-state index contributed by atoms with van der Waals surface area (Å²) in [4.78, 5) is 36.5. The van der Waals surface area contributed by atoms with E-state index in [-0.39, 0.29) is 12.5 Å². The van der Waals surface area contributed by atoms with E-state index in [2.05, 4.69) is 21.2 Å². The molecule has 0 radical (unpaired) electrons. The first kappa shape index (κ1) is 26.7. The monoisotopic (exact) mass is 504 g/mol. The van der Waals surface area contributed by atoms with Gasteiger partial charge in [-0.05, 0) is 67.1 Å². The molecule has 0 fully saturated rings. The second-order valence-corrected chi connectivity index (χ2v) is 7.63. The van der Waals surface area contributed by atoms with E-state index < -0.39 is 11.8 Å². The van der Waals surface area contributed by atoms with Gasteiger partial charge in [-0.25, -0.2) is 5.43 Å². The standard InChI is InChI=1S/C27H28N4O6/c1-3-16-36-23-14-10-21(11-15-23)30-26(33)27(34)31-28-17-19-6-4-5-7-24(19)37-18-25(32)29-20-8-12-22(35-2)13-9-20/h4-15,17H,3,16,18H2,1-2H3,(H,29,32)(H,30,33)(H,31,34)/b28-17-. The van der Waals surface area contributed by atoms with Crippen molar-refractivity contribution in [3.05, 3.63) is 78.4 Å². The first-order valence-electron chi connectivity index (χ1n) is 11.5. The van der Waals surface area contributed by atoms with Crippen molar-refractivity contribution in [1.82, 2.24) is 5.43 Å². The van der Waals surface area contributed by atoms with Crippen LogP contribution in [0.5, 0.6) is 17.2 Å². The van der Waals surface area contributed by atoms with Gasteiger partial charge in [-0.3, -0.25) is 14.4 Å². The molecule has 192 valence electrons. The van der Waals surface area contributed by atoms with Crippen LogP contribution in [0.1, 0.15) is 18.9 Å². The molecule has 3 N–H and O–H groups in total. The molecule has 0 bridgehead atoms. The van der Waals surface area contributed by atoms with Gasteiger partial charge in [0.05, 0.1) is 19.9 Å². The predicted molar refractivity (Wildman–Crippen MR) is 140 cm³/mol. The number of amides is 3. The molecule has 0 aliphatic carbocycles. The summed E-state index contributed by atoms with van der Waals surface area (Å²) in [6.07, 6.45) is 2.21. The topological polar surface area (TPSA) is 127 Å². The van der Waals surface area contributed by atoms with E-state index in [0.717, 1.165) is 6.42 Å². The second kappa shape index (κ2) is 13.9. The van der Waals surface area contributed by atoms with Crippen LogP contribution in [0.15, 0.2) is 77.9 Å². The Hall–Kier alpha value is -4.86. The average molecular weight is 505 g/mol. The van der Waals surface area contributed by atoms with Crippen molar-refractivity contribution in [3.63, 3.8) is 0 Å². The lowest BCUT2D eigenvalue weighted by Gasteiger charge is -2.10. The minimum Gasteiger partial charge on any atom is -0.497 e. The number of rotatable bonds is 11. The summed E-state index contributed by atoms with van der Waals surface area (Å²) >= 11 is 0. The number of ether oxygens (including phenoxy) is 3. The summed E-state index contributed by atoms with van der Waals surface area (Å²) in [5.41, 5.74) is 3.72. The number of benzene rings is 3. The van der Waals surface area contributed by atoms with E-state index in [9.17, 15) is 14.4 Å². The number of methoxy groups -OCH3 is 1. The summed E-state index contributed by atoms with van der Waals surface area (Å²) in [6, 6.07) is 20.4. The normalized spacial score (nSPS) is 10.4. The van der Waals surface area contributed by atoms with Gasteiger partial charge in [0, 0.05) is 16.9 Å². The third kappa shape index (κ3) is 8.70. The highest BCUT2D eigenvalue weighted by atomic mass is 16.5. The molecule has 0 saturated carbocycles. The molecule has 0 aromatic heterocycles. The Morgan fingerprint density at radius 1 is 0.811 bits per heavy atom. The Morgan fingerprint density at radius 2 is 1.46 bits per heavy atom. The van der Waals surface area contributed by atoms with Crippen molar-refractivity contribution in [3.8, 4) is 17.2 Å². The molecule has 0 unspecified atom stereocenters. The summed E-state index contributed by atoms with van der Waals surface area (Å²) in [5, 5.41) is 9.04. The van der Waals surface area contributed by atoms with Crippen LogP contribution in [-0.2, 0) is 14.4 Å². The molecule has 0 atom stereocenters. The molecular weight excluding hydrogens is 476 g/mol. The van der Waals surface area contributed by atoms with E-state index >= 15 is 0 Å². The molecular formula is C27H28N4O6. The van der Waals surface area contributed by atoms with Crippen molar-refractivity contribution >= 4 is 35.3 Å². The number of hydrogen-bond donors (Lipinski definition) is 3. The zero-order chi connectivity index (χ0) is 26.5. The third-order valence-electron chi connectivity index (χ3n) is 4.81. The highest BCUT2D eigenvalue weighted by Crippen LogP contribution is 2.18. The number of hydrazone groups is 1. The van der Waals surface area contributed by atoms with Gasteiger partial charge in [0.25, 0.3) is 5.91 Å². The highest BCUT2D eigenvalue weighted by Gasteiger charge is 2.13. The predicted octanol–water partition coefficient (Wildman–Crippen LogP) is 3.59. The molecule has 10 nitrogen and oxygen atoms in total. The van der Waals surface area contributed by atoms with Gasteiger partial charge in [-0.15, -0.1) is 0 Å². The molecule has 37 heavy (non-hydrogen) atoms. The van der Waals surface area contributed by atoms with Crippen molar-refractivity contribution in [2.24, 2.45) is 5.10 Å². The van der Waals surface area contributed by atoms with Gasteiger partial charge < -0.3 is 24.8 Å². The first-order valence-corrected chi connectivity index (χ1v) is 11.5. The fourth-order valence-corrected chi connectivity index (χ4v) is 2.99. The van der Waals surface area contributed by atoms with E-state index in [1.165, 1.54) is 6.21 Å². The molecule has 10 heteroatoms. The largest absolute Gasteiger partial charge is 0.497 e. The van der Waals surface area contributed by atoms with Crippen molar-refractivity contribution in [1.29, 1.82) is 0 Å². The third-order valence-corrected chi connectivity index (χ3v) is 4.81. The Morgan fingerprint density at radius 3 is 2.14 bits per heavy atom. The van der Waals surface area contributed by atoms with Crippen molar-refractivity contribution in [2.45, 2.75) is 13.3 Å². The molecule has 0 aliphatic heterocycles. The summed E-state index contributed by atoms with van der Waals surface area (Å²) in [6.45, 7) is 2.36. The number of nitrogens with one attached hydrogen (secondary N) is 3. The molecule has 0 spiro atoms. The van der Waals surface area contributed by atoms with Crippen LogP contribution >= 0.6 is 0 Å². The highest BCUT2D eigenvalue weighted by molar-refractivity contribution is 6.39. The maximum atomic E-state index is 12.2.